The van der Waals surface area contributed by atoms with Gasteiger partial charge in [0.15, 0.2) is 5.54 Å². The topological polar surface area (TPSA) is 58.6 Å². The summed E-state index contributed by atoms with van der Waals surface area (Å²) >= 11 is 0. The van der Waals surface area contributed by atoms with Gasteiger partial charge in [0.05, 0.1) is 13.5 Å². The van der Waals surface area contributed by atoms with E-state index in [1.165, 1.54) is 6.42 Å². The molecule has 1 aliphatic heterocycles. The van der Waals surface area contributed by atoms with Gasteiger partial charge in [0.1, 0.15) is 5.75 Å². The zero-order valence-electron chi connectivity index (χ0n) is 18.3. The van der Waals surface area contributed by atoms with Crippen LogP contribution in [0, 0.1) is 6.92 Å². The molecule has 0 radical (unpaired) electrons. The first-order chi connectivity index (χ1) is 15.0. The first kappa shape index (κ1) is 21.2. The Morgan fingerprint density at radius 2 is 1.81 bits per heavy atom. The number of amides is 2. The highest BCUT2D eigenvalue weighted by Crippen LogP contribution is 2.40. The van der Waals surface area contributed by atoms with Gasteiger partial charge in [-0.15, -0.1) is 0 Å². The molecule has 162 valence electrons. The maximum Gasteiger partial charge on any atom is 0.251 e. The van der Waals surface area contributed by atoms with E-state index in [0.717, 1.165) is 48.2 Å². The fourth-order valence-electron chi connectivity index (χ4n) is 4.57. The minimum atomic E-state index is -1.04. The van der Waals surface area contributed by atoms with Gasteiger partial charge in [0.25, 0.3) is 5.91 Å². The Morgan fingerprint density at radius 1 is 1.10 bits per heavy atom. The number of β-lactam (4-membered cyclic amide) rings is 1. The molecule has 5 heteroatoms. The van der Waals surface area contributed by atoms with E-state index in [9.17, 15) is 9.59 Å². The maximum absolute atomic E-state index is 13.6. The molecule has 1 aliphatic carbocycles. The van der Waals surface area contributed by atoms with Crippen molar-refractivity contribution in [1.82, 2.24) is 5.32 Å². The fourth-order valence-corrected chi connectivity index (χ4v) is 4.57. The summed E-state index contributed by atoms with van der Waals surface area (Å²) in [7, 11) is 1.63. The number of rotatable bonds is 6. The number of para-hydroxylation sites is 1. The van der Waals surface area contributed by atoms with Crippen molar-refractivity contribution in [1.29, 1.82) is 0 Å². The van der Waals surface area contributed by atoms with E-state index in [1.807, 2.05) is 67.6 Å². The van der Waals surface area contributed by atoms with Crippen molar-refractivity contribution in [3.8, 4) is 5.75 Å². The van der Waals surface area contributed by atoms with Crippen LogP contribution in [0.3, 0.4) is 0 Å². The van der Waals surface area contributed by atoms with Gasteiger partial charge in [0, 0.05) is 17.3 Å². The molecule has 0 aromatic heterocycles. The SMILES string of the molecule is COc1ccccc1/C=C/C1(C(=O)NC2CCCCC2)CC(=O)N1c1ccc(C)cc1. The van der Waals surface area contributed by atoms with Crippen LogP contribution in [-0.4, -0.2) is 30.5 Å². The monoisotopic (exact) mass is 418 g/mol. The smallest absolute Gasteiger partial charge is 0.251 e. The van der Waals surface area contributed by atoms with Gasteiger partial charge in [-0.25, -0.2) is 0 Å². The summed E-state index contributed by atoms with van der Waals surface area (Å²) < 4.78 is 5.46. The summed E-state index contributed by atoms with van der Waals surface area (Å²) in [4.78, 5) is 28.0. The van der Waals surface area contributed by atoms with Crippen LogP contribution in [0.25, 0.3) is 6.08 Å². The van der Waals surface area contributed by atoms with Gasteiger partial charge in [-0.05, 0) is 44.0 Å². The molecule has 4 rings (SSSR count). The predicted octanol–water partition coefficient (Wildman–Crippen LogP) is 4.64. The Morgan fingerprint density at radius 3 is 2.48 bits per heavy atom. The van der Waals surface area contributed by atoms with Crippen LogP contribution in [0.15, 0.2) is 54.6 Å². The summed E-state index contributed by atoms with van der Waals surface area (Å²) in [5.41, 5.74) is 1.69. The molecule has 1 heterocycles. The second-order valence-corrected chi connectivity index (χ2v) is 8.55. The zero-order valence-corrected chi connectivity index (χ0v) is 18.3. The van der Waals surface area contributed by atoms with Crippen molar-refractivity contribution in [2.24, 2.45) is 0 Å². The van der Waals surface area contributed by atoms with Gasteiger partial charge in [-0.1, -0.05) is 61.2 Å². The van der Waals surface area contributed by atoms with Crippen LogP contribution >= 0.6 is 0 Å². The molecule has 0 spiro atoms. The van der Waals surface area contributed by atoms with E-state index in [0.29, 0.717) is 0 Å². The lowest BCUT2D eigenvalue weighted by Crippen LogP contribution is -2.70. The van der Waals surface area contributed by atoms with E-state index in [4.69, 9.17) is 4.74 Å². The molecule has 1 saturated carbocycles. The van der Waals surface area contributed by atoms with Crippen LogP contribution in [0.5, 0.6) is 5.75 Å². The lowest BCUT2D eigenvalue weighted by molar-refractivity contribution is -0.137. The second-order valence-electron chi connectivity index (χ2n) is 8.55. The van der Waals surface area contributed by atoms with E-state index >= 15 is 0 Å². The normalized spacial score (nSPS) is 21.7. The van der Waals surface area contributed by atoms with Crippen LogP contribution in [-0.2, 0) is 9.59 Å². The number of methoxy groups -OCH3 is 1. The third-order valence-corrected chi connectivity index (χ3v) is 6.37. The average molecular weight is 419 g/mol. The van der Waals surface area contributed by atoms with E-state index in [2.05, 4.69) is 5.32 Å². The molecule has 5 nitrogen and oxygen atoms in total. The Labute approximate surface area is 184 Å². The minimum absolute atomic E-state index is 0.0488. The van der Waals surface area contributed by atoms with Crippen LogP contribution < -0.4 is 15.0 Å². The number of nitrogens with zero attached hydrogens (tertiary/aromatic N) is 1. The number of hydrogen-bond acceptors (Lipinski definition) is 3. The van der Waals surface area contributed by atoms with Crippen molar-refractivity contribution in [2.75, 3.05) is 12.0 Å². The van der Waals surface area contributed by atoms with Crippen molar-refractivity contribution < 1.29 is 14.3 Å². The highest BCUT2D eigenvalue weighted by atomic mass is 16.5. The number of nitrogens with one attached hydrogen (secondary N) is 1. The summed E-state index contributed by atoms with van der Waals surface area (Å²) in [6, 6.07) is 15.6. The van der Waals surface area contributed by atoms with E-state index in [-0.39, 0.29) is 24.3 Å². The average Bonchev–Trinajstić information content (AvgIpc) is 2.78. The third-order valence-electron chi connectivity index (χ3n) is 6.37. The van der Waals surface area contributed by atoms with Crippen LogP contribution in [0.4, 0.5) is 5.69 Å². The Balaban J connectivity index is 1.69. The maximum atomic E-state index is 13.6. The number of carbonyl (C=O) groups excluding carboxylic acids is 2. The van der Waals surface area contributed by atoms with Gasteiger partial charge in [0.2, 0.25) is 5.91 Å². The Kier molecular flexibility index (Phi) is 6.12. The summed E-state index contributed by atoms with van der Waals surface area (Å²) in [6.07, 6.45) is 9.40. The van der Waals surface area contributed by atoms with Gasteiger partial charge < -0.3 is 10.1 Å². The van der Waals surface area contributed by atoms with Crippen LogP contribution in [0.1, 0.15) is 49.7 Å². The second kappa shape index (κ2) is 8.96. The number of hydrogen-bond donors (Lipinski definition) is 1. The fraction of sp³-hybridized carbons (Fsp3) is 0.385. The van der Waals surface area contributed by atoms with E-state index in [1.54, 1.807) is 12.0 Å². The number of benzene rings is 2. The number of anilines is 1. The molecule has 31 heavy (non-hydrogen) atoms. The Hall–Kier alpha value is -3.08. The summed E-state index contributed by atoms with van der Waals surface area (Å²) in [5.74, 6) is 0.576. The number of ether oxygens (including phenoxy) is 1. The lowest BCUT2D eigenvalue weighted by atomic mass is 9.80. The molecular weight excluding hydrogens is 388 g/mol. The Bertz CT molecular complexity index is 976. The quantitative estimate of drug-likeness (QED) is 0.695. The molecule has 2 aromatic carbocycles. The predicted molar refractivity (Wildman–Crippen MR) is 123 cm³/mol. The molecule has 1 N–H and O–H groups in total. The largest absolute Gasteiger partial charge is 0.496 e. The number of aryl methyl sites for hydroxylation is 1. The first-order valence-corrected chi connectivity index (χ1v) is 11.1. The molecule has 1 atom stereocenters. The van der Waals surface area contributed by atoms with Crippen molar-refractivity contribution in [3.63, 3.8) is 0 Å². The molecule has 2 amide bonds. The van der Waals surface area contributed by atoms with Gasteiger partial charge in [-0.2, -0.15) is 0 Å². The molecular formula is C26H30N2O3. The molecule has 2 aliphatic rings. The molecule has 2 aromatic rings. The van der Waals surface area contributed by atoms with Crippen molar-refractivity contribution >= 4 is 23.6 Å². The number of carbonyl (C=O) groups is 2. The highest BCUT2D eigenvalue weighted by Gasteiger charge is 2.55. The molecule has 0 bridgehead atoms. The van der Waals surface area contributed by atoms with Gasteiger partial charge >= 0.3 is 0 Å². The highest BCUT2D eigenvalue weighted by molar-refractivity contribution is 6.15. The first-order valence-electron chi connectivity index (χ1n) is 11.1. The standard InChI is InChI=1S/C26H30N2O3/c1-19-12-14-22(15-13-19)28-24(29)18-26(28,25(30)27-21-9-4-3-5-10-21)17-16-20-8-6-7-11-23(20)31-2/h6-8,11-17,21H,3-5,9-10,18H2,1-2H3,(H,27,30)/b17-16+. The minimum Gasteiger partial charge on any atom is -0.496 e. The summed E-state index contributed by atoms with van der Waals surface area (Å²) in [6.45, 7) is 2.01. The molecule has 1 saturated heterocycles. The lowest BCUT2D eigenvalue weighted by Gasteiger charge is -2.49. The van der Waals surface area contributed by atoms with Crippen molar-refractivity contribution in [3.05, 3.63) is 65.7 Å². The van der Waals surface area contributed by atoms with Crippen molar-refractivity contribution in [2.45, 2.75) is 57.0 Å². The third kappa shape index (κ3) is 4.22. The van der Waals surface area contributed by atoms with Crippen LogP contribution in [0.2, 0.25) is 0 Å². The molecule has 2 fully saturated rings. The summed E-state index contributed by atoms with van der Waals surface area (Å²) in [5, 5.41) is 3.24. The zero-order chi connectivity index (χ0) is 21.8. The van der Waals surface area contributed by atoms with E-state index < -0.39 is 5.54 Å². The van der Waals surface area contributed by atoms with Gasteiger partial charge in [-0.3, -0.25) is 14.5 Å². The molecule has 1 unspecified atom stereocenters.